The van der Waals surface area contributed by atoms with Crippen LogP contribution < -0.4 is 0 Å². The quantitative estimate of drug-likeness (QED) is 0.205. The van der Waals surface area contributed by atoms with E-state index in [1.807, 2.05) is 11.3 Å². The van der Waals surface area contributed by atoms with Gasteiger partial charge in [-0.2, -0.15) is 0 Å². The molecule has 0 unspecified atom stereocenters. The van der Waals surface area contributed by atoms with E-state index >= 15 is 0 Å². The number of aromatic nitrogens is 1. The minimum Gasteiger partial charge on any atom is -0.309 e. The maximum absolute atomic E-state index is 2.43. The van der Waals surface area contributed by atoms with Crippen LogP contribution in [-0.2, 0) is 5.41 Å². The van der Waals surface area contributed by atoms with Crippen LogP contribution in [0.25, 0.3) is 69.9 Å². The monoisotopic (exact) mass is 541 g/mol. The molecule has 0 amide bonds. The highest BCUT2D eigenvalue weighted by molar-refractivity contribution is 7.25. The molecule has 2 heterocycles. The van der Waals surface area contributed by atoms with E-state index in [0.29, 0.717) is 0 Å². The van der Waals surface area contributed by atoms with Crippen LogP contribution in [0.1, 0.15) is 25.0 Å². The zero-order valence-corrected chi connectivity index (χ0v) is 23.8. The van der Waals surface area contributed by atoms with Crippen molar-refractivity contribution >= 4 is 53.3 Å². The molecule has 2 aromatic heterocycles. The second kappa shape index (κ2) is 8.19. The third-order valence-electron chi connectivity index (χ3n) is 9.17. The topological polar surface area (TPSA) is 4.93 Å². The molecule has 8 aromatic rings. The Labute approximate surface area is 242 Å². The Morgan fingerprint density at radius 3 is 2.12 bits per heavy atom. The predicted molar refractivity (Wildman–Crippen MR) is 177 cm³/mol. The Balaban J connectivity index is 1.26. The molecule has 1 nitrogen and oxygen atoms in total. The van der Waals surface area contributed by atoms with Crippen molar-refractivity contribution in [2.75, 3.05) is 0 Å². The van der Waals surface area contributed by atoms with Gasteiger partial charge in [0.1, 0.15) is 0 Å². The normalized spacial score (nSPS) is 13.8. The molecule has 0 saturated heterocycles. The van der Waals surface area contributed by atoms with E-state index in [-0.39, 0.29) is 5.41 Å². The van der Waals surface area contributed by atoms with Crippen molar-refractivity contribution < 1.29 is 0 Å². The molecule has 9 rings (SSSR count). The van der Waals surface area contributed by atoms with Crippen LogP contribution in [0.3, 0.4) is 0 Å². The Morgan fingerprint density at radius 2 is 1.24 bits per heavy atom. The first kappa shape index (κ1) is 23.1. The second-order valence-electron chi connectivity index (χ2n) is 11.8. The van der Waals surface area contributed by atoms with Gasteiger partial charge in [0.05, 0.1) is 11.0 Å². The first-order chi connectivity index (χ1) is 20.1. The van der Waals surface area contributed by atoms with E-state index in [1.165, 1.54) is 81.0 Å². The van der Waals surface area contributed by atoms with Gasteiger partial charge in [-0.1, -0.05) is 92.7 Å². The zero-order chi connectivity index (χ0) is 27.3. The number of rotatable bonds is 2. The van der Waals surface area contributed by atoms with Crippen LogP contribution in [0.4, 0.5) is 0 Å². The van der Waals surface area contributed by atoms with Crippen molar-refractivity contribution in [1.82, 2.24) is 4.57 Å². The molecule has 1 aliphatic carbocycles. The summed E-state index contributed by atoms with van der Waals surface area (Å²) in [6.45, 7) is 4.79. The van der Waals surface area contributed by atoms with E-state index in [2.05, 4.69) is 146 Å². The third kappa shape index (κ3) is 3.11. The lowest BCUT2D eigenvalue weighted by atomic mass is 9.80. The lowest BCUT2D eigenvalue weighted by molar-refractivity contribution is 0.667. The summed E-state index contributed by atoms with van der Waals surface area (Å²) in [5.74, 6) is 0. The van der Waals surface area contributed by atoms with Crippen molar-refractivity contribution in [2.45, 2.75) is 19.3 Å². The molecular formula is C39H27NS. The Bertz CT molecular complexity index is 2330. The van der Waals surface area contributed by atoms with Gasteiger partial charge in [0.2, 0.25) is 0 Å². The van der Waals surface area contributed by atoms with Crippen molar-refractivity contribution in [1.29, 1.82) is 0 Å². The minimum absolute atomic E-state index is 0.0559. The first-order valence-electron chi connectivity index (χ1n) is 14.3. The van der Waals surface area contributed by atoms with Gasteiger partial charge >= 0.3 is 0 Å². The van der Waals surface area contributed by atoms with Crippen LogP contribution in [0, 0.1) is 0 Å². The SMILES string of the molecule is CC1(C)c2ccc(-c3ccc4c(c3)c3ccccc3n4-c3ccccc3)cc2-c2ccc3sc4ccccc4c3c21. The van der Waals surface area contributed by atoms with Crippen LogP contribution in [0.2, 0.25) is 0 Å². The number of benzene rings is 6. The average Bonchev–Trinajstić information content (AvgIpc) is 3.63. The fourth-order valence-corrected chi connectivity index (χ4v) is 8.44. The Kier molecular flexibility index (Phi) is 4.61. The number of hydrogen-bond donors (Lipinski definition) is 0. The lowest BCUT2D eigenvalue weighted by Gasteiger charge is -2.22. The van der Waals surface area contributed by atoms with E-state index in [1.54, 1.807) is 0 Å². The fraction of sp³-hybridized carbons (Fsp3) is 0.0769. The molecule has 6 aromatic carbocycles. The molecule has 0 bridgehead atoms. The van der Waals surface area contributed by atoms with Crippen LogP contribution >= 0.6 is 11.3 Å². The van der Waals surface area contributed by atoms with Gasteiger partial charge in [0.15, 0.2) is 0 Å². The molecule has 2 heteroatoms. The van der Waals surface area contributed by atoms with E-state index in [4.69, 9.17) is 0 Å². The molecule has 0 saturated carbocycles. The summed E-state index contributed by atoms with van der Waals surface area (Å²) in [5.41, 5.74) is 11.8. The molecule has 0 N–H and O–H groups in total. The van der Waals surface area contributed by atoms with Crippen molar-refractivity contribution in [3.8, 4) is 27.9 Å². The number of nitrogens with zero attached hydrogens (tertiary/aromatic N) is 1. The molecule has 194 valence electrons. The zero-order valence-electron chi connectivity index (χ0n) is 23.0. The Hall–Kier alpha value is -4.66. The van der Waals surface area contributed by atoms with Crippen LogP contribution in [-0.4, -0.2) is 4.57 Å². The van der Waals surface area contributed by atoms with Crippen molar-refractivity contribution in [3.05, 3.63) is 139 Å². The standard InChI is InChI=1S/C39H27NS/c1-39(2)32-19-16-24(22-30(32)28-18-21-36-37(38(28)39)29-13-7-9-15-35(29)41-36)25-17-20-34-31(23-25)27-12-6-8-14-33(27)40(34)26-10-4-3-5-11-26/h3-23H,1-2H3. The van der Waals surface area contributed by atoms with Crippen LogP contribution in [0.5, 0.6) is 0 Å². The van der Waals surface area contributed by atoms with Gasteiger partial charge in [-0.15, -0.1) is 11.3 Å². The van der Waals surface area contributed by atoms with Crippen LogP contribution in [0.15, 0.2) is 127 Å². The smallest absolute Gasteiger partial charge is 0.0541 e. The molecular weight excluding hydrogens is 515 g/mol. The Morgan fingerprint density at radius 1 is 0.537 bits per heavy atom. The summed E-state index contributed by atoms with van der Waals surface area (Å²) in [5, 5.41) is 5.38. The van der Waals surface area contributed by atoms with Gasteiger partial charge in [-0.3, -0.25) is 0 Å². The number of hydrogen-bond acceptors (Lipinski definition) is 1. The summed E-state index contributed by atoms with van der Waals surface area (Å²) in [6.07, 6.45) is 0. The number of fused-ring (bicyclic) bond motifs is 10. The van der Waals surface area contributed by atoms with E-state index in [0.717, 1.165) is 0 Å². The number of thiophene rings is 1. The highest BCUT2D eigenvalue weighted by atomic mass is 32.1. The van der Waals surface area contributed by atoms with Crippen molar-refractivity contribution in [3.63, 3.8) is 0 Å². The summed E-state index contributed by atoms with van der Waals surface area (Å²) in [4.78, 5) is 0. The molecule has 1 aliphatic rings. The minimum atomic E-state index is -0.0559. The molecule has 0 fully saturated rings. The summed E-state index contributed by atoms with van der Waals surface area (Å²) >= 11 is 1.91. The maximum atomic E-state index is 2.43. The molecule has 0 aliphatic heterocycles. The highest BCUT2D eigenvalue weighted by Gasteiger charge is 2.37. The molecule has 0 atom stereocenters. The number of para-hydroxylation sites is 2. The van der Waals surface area contributed by atoms with Gasteiger partial charge in [-0.05, 0) is 81.9 Å². The van der Waals surface area contributed by atoms with Gasteiger partial charge in [0.25, 0.3) is 0 Å². The van der Waals surface area contributed by atoms with Gasteiger partial charge in [-0.25, -0.2) is 0 Å². The van der Waals surface area contributed by atoms with Gasteiger partial charge in [0, 0.05) is 42.0 Å². The van der Waals surface area contributed by atoms with E-state index < -0.39 is 0 Å². The largest absolute Gasteiger partial charge is 0.309 e. The average molecular weight is 542 g/mol. The first-order valence-corrected chi connectivity index (χ1v) is 15.1. The molecule has 41 heavy (non-hydrogen) atoms. The van der Waals surface area contributed by atoms with Gasteiger partial charge < -0.3 is 4.57 Å². The molecule has 0 spiro atoms. The van der Waals surface area contributed by atoms with E-state index in [9.17, 15) is 0 Å². The summed E-state index contributed by atoms with van der Waals surface area (Å²) in [6, 6.07) is 47.1. The third-order valence-corrected chi connectivity index (χ3v) is 10.3. The summed E-state index contributed by atoms with van der Waals surface area (Å²) in [7, 11) is 0. The fourth-order valence-electron chi connectivity index (χ4n) is 7.32. The predicted octanol–water partition coefficient (Wildman–Crippen LogP) is 11.1. The second-order valence-corrected chi connectivity index (χ2v) is 12.8. The highest BCUT2D eigenvalue weighted by Crippen LogP contribution is 2.54. The maximum Gasteiger partial charge on any atom is 0.0541 e. The summed E-state index contributed by atoms with van der Waals surface area (Å²) < 4.78 is 5.13. The lowest BCUT2D eigenvalue weighted by Crippen LogP contribution is -2.15. The van der Waals surface area contributed by atoms with Crippen molar-refractivity contribution in [2.24, 2.45) is 0 Å². The molecule has 0 radical (unpaired) electrons.